The molecule has 0 heterocycles. The van der Waals surface area contributed by atoms with Gasteiger partial charge in [0.15, 0.2) is 12.4 Å². The molecule has 174 valence electrons. The van der Waals surface area contributed by atoms with Gasteiger partial charge in [-0.3, -0.25) is 4.79 Å². The molecular weight excluding hydrogens is 424 g/mol. The van der Waals surface area contributed by atoms with Crippen LogP contribution in [0.4, 0.5) is 0 Å². The van der Waals surface area contributed by atoms with Gasteiger partial charge >= 0.3 is 5.97 Å². The molecule has 0 radical (unpaired) electrons. The molecule has 0 aliphatic rings. The van der Waals surface area contributed by atoms with Gasteiger partial charge in [0.25, 0.3) is 0 Å². The zero-order valence-electron chi connectivity index (χ0n) is 19.1. The summed E-state index contributed by atoms with van der Waals surface area (Å²) in [4.78, 5) is 23.0. The van der Waals surface area contributed by atoms with Crippen molar-refractivity contribution in [1.82, 2.24) is 0 Å². The first-order chi connectivity index (χ1) is 15.9. The SMILES string of the molecule is CCc1cc(C(C)=O)c(O)cc1OCCCOc1ccc2cccc(OCC(=O)OC)c2c1. The topological polar surface area (TPSA) is 91.3 Å². The third kappa shape index (κ3) is 6.16. The highest BCUT2D eigenvalue weighted by atomic mass is 16.6. The van der Waals surface area contributed by atoms with Gasteiger partial charge in [0, 0.05) is 17.9 Å². The summed E-state index contributed by atoms with van der Waals surface area (Å²) in [5.74, 6) is 1.11. The number of esters is 1. The maximum absolute atomic E-state index is 11.6. The zero-order chi connectivity index (χ0) is 23.8. The van der Waals surface area contributed by atoms with E-state index in [2.05, 4.69) is 4.74 Å². The summed E-state index contributed by atoms with van der Waals surface area (Å²) in [7, 11) is 1.32. The van der Waals surface area contributed by atoms with Crippen molar-refractivity contribution < 1.29 is 33.6 Å². The van der Waals surface area contributed by atoms with Gasteiger partial charge in [-0.1, -0.05) is 25.1 Å². The van der Waals surface area contributed by atoms with E-state index in [9.17, 15) is 14.7 Å². The molecule has 0 aliphatic heterocycles. The van der Waals surface area contributed by atoms with Crippen LogP contribution in [0.5, 0.6) is 23.0 Å². The van der Waals surface area contributed by atoms with Crippen LogP contribution in [0.25, 0.3) is 10.8 Å². The number of carbonyl (C=O) groups excluding carboxylic acids is 2. The molecule has 1 N–H and O–H groups in total. The predicted molar refractivity (Wildman–Crippen MR) is 125 cm³/mol. The Morgan fingerprint density at radius 2 is 1.73 bits per heavy atom. The number of fused-ring (bicyclic) bond motifs is 1. The monoisotopic (exact) mass is 452 g/mol. The highest BCUT2D eigenvalue weighted by Gasteiger charge is 2.13. The number of ketones is 1. The van der Waals surface area contributed by atoms with E-state index in [0.717, 1.165) is 16.3 Å². The summed E-state index contributed by atoms with van der Waals surface area (Å²) in [6.07, 6.45) is 1.31. The third-order valence-electron chi connectivity index (χ3n) is 5.14. The molecule has 3 rings (SSSR count). The Morgan fingerprint density at radius 1 is 0.939 bits per heavy atom. The van der Waals surface area contributed by atoms with E-state index in [1.165, 1.54) is 20.1 Å². The Bertz CT molecular complexity index is 1140. The molecule has 0 unspecified atom stereocenters. The highest BCUT2D eigenvalue weighted by Crippen LogP contribution is 2.30. The van der Waals surface area contributed by atoms with E-state index < -0.39 is 5.97 Å². The van der Waals surface area contributed by atoms with Gasteiger partial charge in [-0.15, -0.1) is 0 Å². The van der Waals surface area contributed by atoms with E-state index in [4.69, 9.17) is 14.2 Å². The van der Waals surface area contributed by atoms with Crippen LogP contribution in [0.15, 0.2) is 48.5 Å². The minimum absolute atomic E-state index is 0.0765. The summed E-state index contributed by atoms with van der Waals surface area (Å²) in [5, 5.41) is 11.9. The van der Waals surface area contributed by atoms with Crippen LogP contribution in [0.3, 0.4) is 0 Å². The molecule has 3 aromatic carbocycles. The summed E-state index contributed by atoms with van der Waals surface area (Å²) in [6.45, 7) is 4.05. The highest BCUT2D eigenvalue weighted by molar-refractivity contribution is 5.97. The second-order valence-corrected chi connectivity index (χ2v) is 7.44. The lowest BCUT2D eigenvalue weighted by Gasteiger charge is -2.14. The molecule has 7 nitrogen and oxygen atoms in total. The van der Waals surface area contributed by atoms with Gasteiger partial charge < -0.3 is 24.1 Å². The lowest BCUT2D eigenvalue weighted by atomic mass is 10.0. The molecule has 33 heavy (non-hydrogen) atoms. The molecule has 3 aromatic rings. The number of aromatic hydroxyl groups is 1. The van der Waals surface area contributed by atoms with Crippen molar-refractivity contribution in [2.75, 3.05) is 26.9 Å². The molecule has 0 bridgehead atoms. The lowest BCUT2D eigenvalue weighted by molar-refractivity contribution is -0.142. The van der Waals surface area contributed by atoms with E-state index in [-0.39, 0.29) is 18.1 Å². The first kappa shape index (κ1) is 23.9. The van der Waals surface area contributed by atoms with E-state index in [1.807, 2.05) is 37.3 Å². The number of phenolic OH excluding ortho intramolecular Hbond substituents is 1. The van der Waals surface area contributed by atoms with Gasteiger partial charge in [-0.05, 0) is 48.6 Å². The predicted octanol–water partition coefficient (Wildman–Crippen LogP) is 4.71. The number of carbonyl (C=O) groups is 2. The van der Waals surface area contributed by atoms with Crippen molar-refractivity contribution >= 4 is 22.5 Å². The summed E-state index contributed by atoms with van der Waals surface area (Å²) in [5.41, 5.74) is 1.17. The Hall–Kier alpha value is -3.74. The van der Waals surface area contributed by atoms with Crippen LogP contribution < -0.4 is 14.2 Å². The number of Topliss-reactive ketones (excluding diaryl/α,β-unsaturated/α-hetero) is 1. The fourth-order valence-electron chi connectivity index (χ4n) is 3.37. The van der Waals surface area contributed by atoms with Crippen LogP contribution >= 0.6 is 0 Å². The van der Waals surface area contributed by atoms with Crippen molar-refractivity contribution in [1.29, 1.82) is 0 Å². The number of benzene rings is 3. The Balaban J connectivity index is 1.58. The third-order valence-corrected chi connectivity index (χ3v) is 5.14. The quantitative estimate of drug-likeness (QED) is 0.256. The summed E-state index contributed by atoms with van der Waals surface area (Å²) >= 11 is 0. The standard InChI is InChI=1S/C26H28O7/c1-4-18-13-21(17(2)27)23(28)15-25(18)32-12-6-11-31-20-10-9-19-7-5-8-24(22(19)14-20)33-16-26(29)30-3/h5,7-10,13-15,28H,4,6,11-12,16H2,1-3H3. The zero-order valence-corrected chi connectivity index (χ0v) is 19.1. The second kappa shape index (κ2) is 11.2. The van der Waals surface area contributed by atoms with Crippen LogP contribution in [0.2, 0.25) is 0 Å². The number of rotatable bonds is 11. The number of phenols is 1. The maximum Gasteiger partial charge on any atom is 0.343 e. The first-order valence-electron chi connectivity index (χ1n) is 10.8. The average molecular weight is 453 g/mol. The van der Waals surface area contributed by atoms with Crippen LogP contribution in [0, 0.1) is 0 Å². The largest absolute Gasteiger partial charge is 0.507 e. The van der Waals surface area contributed by atoms with Crippen molar-refractivity contribution in [3.63, 3.8) is 0 Å². The van der Waals surface area contributed by atoms with Crippen molar-refractivity contribution in [3.05, 3.63) is 59.7 Å². The fraction of sp³-hybridized carbons (Fsp3) is 0.308. The summed E-state index contributed by atoms with van der Waals surface area (Å²) in [6, 6.07) is 14.5. The Labute approximate surface area is 192 Å². The van der Waals surface area contributed by atoms with Gasteiger partial charge in [0.1, 0.15) is 23.0 Å². The molecule has 0 amide bonds. The fourth-order valence-corrected chi connectivity index (χ4v) is 3.37. The van der Waals surface area contributed by atoms with Gasteiger partial charge in [-0.2, -0.15) is 0 Å². The van der Waals surface area contributed by atoms with Gasteiger partial charge in [0.05, 0.1) is 25.9 Å². The molecule has 0 fully saturated rings. The number of ether oxygens (including phenoxy) is 4. The average Bonchev–Trinajstić information content (AvgIpc) is 2.82. The summed E-state index contributed by atoms with van der Waals surface area (Å²) < 4.78 is 21.9. The maximum atomic E-state index is 11.6. The number of hydrogen-bond donors (Lipinski definition) is 1. The van der Waals surface area contributed by atoms with Gasteiger partial charge in [-0.25, -0.2) is 4.79 Å². The van der Waals surface area contributed by atoms with Crippen LogP contribution in [0.1, 0.15) is 36.2 Å². The minimum Gasteiger partial charge on any atom is -0.507 e. The van der Waals surface area contributed by atoms with E-state index in [1.54, 1.807) is 12.1 Å². The molecule has 0 atom stereocenters. The van der Waals surface area contributed by atoms with Crippen molar-refractivity contribution in [2.24, 2.45) is 0 Å². The van der Waals surface area contributed by atoms with Crippen LogP contribution in [-0.2, 0) is 16.0 Å². The molecule has 0 saturated heterocycles. The Morgan fingerprint density at radius 3 is 2.45 bits per heavy atom. The van der Waals surface area contributed by atoms with Gasteiger partial charge in [0.2, 0.25) is 0 Å². The molecular formula is C26H28O7. The number of hydrogen-bond acceptors (Lipinski definition) is 7. The smallest absolute Gasteiger partial charge is 0.343 e. The molecule has 0 saturated carbocycles. The van der Waals surface area contributed by atoms with E-state index in [0.29, 0.717) is 48.9 Å². The molecule has 0 aromatic heterocycles. The molecule has 7 heteroatoms. The lowest BCUT2D eigenvalue weighted by Crippen LogP contribution is -2.12. The van der Waals surface area contributed by atoms with Crippen molar-refractivity contribution in [3.8, 4) is 23.0 Å². The van der Waals surface area contributed by atoms with E-state index >= 15 is 0 Å². The second-order valence-electron chi connectivity index (χ2n) is 7.44. The molecule has 0 aliphatic carbocycles. The number of methoxy groups -OCH3 is 1. The first-order valence-corrected chi connectivity index (χ1v) is 10.8. The normalized spacial score (nSPS) is 10.6. The Kier molecular flexibility index (Phi) is 8.13. The van der Waals surface area contributed by atoms with Crippen LogP contribution in [-0.4, -0.2) is 43.8 Å². The number of aryl methyl sites for hydroxylation is 1. The van der Waals surface area contributed by atoms with Crippen molar-refractivity contribution in [2.45, 2.75) is 26.7 Å². The molecule has 0 spiro atoms. The minimum atomic E-state index is -0.449.